The predicted octanol–water partition coefficient (Wildman–Crippen LogP) is 3.55. The molecule has 0 spiro atoms. The Morgan fingerprint density at radius 1 is 1.30 bits per heavy atom. The first kappa shape index (κ1) is 17.3. The summed E-state index contributed by atoms with van der Waals surface area (Å²) in [5.41, 5.74) is 3.56. The molecule has 1 aromatic heterocycles. The van der Waals surface area contributed by atoms with E-state index in [1.54, 1.807) is 4.68 Å². The van der Waals surface area contributed by atoms with Crippen LogP contribution in [-0.2, 0) is 11.8 Å². The lowest BCUT2D eigenvalue weighted by Gasteiger charge is -2.23. The van der Waals surface area contributed by atoms with Crippen molar-refractivity contribution in [2.45, 2.75) is 27.2 Å². The molecule has 0 aliphatic heterocycles. The Hall–Kier alpha value is -2.01. The van der Waals surface area contributed by atoms with Gasteiger partial charge >= 0.3 is 0 Å². The maximum Gasteiger partial charge on any atom is 0.243 e. The lowest BCUT2D eigenvalue weighted by molar-refractivity contribution is -0.115. The summed E-state index contributed by atoms with van der Waals surface area (Å²) in [6.07, 6.45) is 0.959. The molecule has 0 saturated carbocycles. The minimum atomic E-state index is -0.0485. The van der Waals surface area contributed by atoms with Crippen molar-refractivity contribution in [3.05, 3.63) is 40.7 Å². The van der Waals surface area contributed by atoms with E-state index < -0.39 is 0 Å². The highest BCUT2D eigenvalue weighted by molar-refractivity contribution is 6.30. The number of nitrogens with one attached hydrogen (secondary N) is 1. The molecule has 2 rings (SSSR count). The van der Waals surface area contributed by atoms with Crippen LogP contribution in [0.25, 0.3) is 0 Å². The van der Waals surface area contributed by atoms with Crippen molar-refractivity contribution in [1.29, 1.82) is 0 Å². The van der Waals surface area contributed by atoms with Crippen LogP contribution in [0.4, 0.5) is 11.4 Å². The number of carbonyl (C=O) groups is 1. The third-order valence-electron chi connectivity index (χ3n) is 3.79. The van der Waals surface area contributed by atoms with E-state index in [9.17, 15) is 4.79 Å². The number of rotatable bonds is 6. The minimum Gasteiger partial charge on any atom is -0.362 e. The van der Waals surface area contributed by atoms with Crippen LogP contribution in [0.5, 0.6) is 0 Å². The monoisotopic (exact) mass is 334 g/mol. The Kier molecular flexibility index (Phi) is 5.66. The zero-order valence-corrected chi connectivity index (χ0v) is 14.8. The van der Waals surface area contributed by atoms with Crippen LogP contribution in [0.1, 0.15) is 24.7 Å². The third kappa shape index (κ3) is 4.26. The molecule has 1 aromatic carbocycles. The smallest absolute Gasteiger partial charge is 0.243 e. The van der Waals surface area contributed by atoms with E-state index in [2.05, 4.69) is 17.3 Å². The highest BCUT2D eigenvalue weighted by atomic mass is 35.5. The summed E-state index contributed by atoms with van der Waals surface area (Å²) in [5, 5.41) is 7.99. The number of hydrogen-bond acceptors (Lipinski definition) is 3. The summed E-state index contributed by atoms with van der Waals surface area (Å²) in [6.45, 7) is 7.03. The van der Waals surface area contributed by atoms with E-state index in [-0.39, 0.29) is 5.91 Å². The fraction of sp³-hybridized carbons (Fsp3) is 0.412. The molecule has 1 amide bonds. The van der Waals surface area contributed by atoms with Gasteiger partial charge in [-0.1, -0.05) is 18.5 Å². The van der Waals surface area contributed by atoms with Gasteiger partial charge in [-0.3, -0.25) is 9.48 Å². The molecule has 124 valence electrons. The van der Waals surface area contributed by atoms with Gasteiger partial charge in [-0.25, -0.2) is 0 Å². The SMILES string of the molecule is CCCN(CC(=O)Nc1c(C)nn(C)c1C)c1ccc(Cl)cc1. The molecule has 0 aliphatic carbocycles. The second-order valence-electron chi connectivity index (χ2n) is 5.62. The summed E-state index contributed by atoms with van der Waals surface area (Å²) in [5.74, 6) is -0.0485. The Bertz CT molecular complexity index is 679. The van der Waals surface area contributed by atoms with E-state index in [0.29, 0.717) is 11.6 Å². The van der Waals surface area contributed by atoms with Gasteiger partial charge in [0.2, 0.25) is 5.91 Å². The normalized spacial score (nSPS) is 10.7. The fourth-order valence-electron chi connectivity index (χ4n) is 2.53. The second kappa shape index (κ2) is 7.51. The molecule has 0 aliphatic rings. The summed E-state index contributed by atoms with van der Waals surface area (Å²) in [4.78, 5) is 14.5. The summed E-state index contributed by atoms with van der Waals surface area (Å²) in [7, 11) is 1.87. The summed E-state index contributed by atoms with van der Waals surface area (Å²) >= 11 is 5.94. The van der Waals surface area contributed by atoms with Gasteiger partial charge in [0.1, 0.15) is 0 Å². The van der Waals surface area contributed by atoms with Gasteiger partial charge in [0.15, 0.2) is 0 Å². The van der Waals surface area contributed by atoms with Crippen LogP contribution in [0.3, 0.4) is 0 Å². The van der Waals surface area contributed by atoms with Gasteiger partial charge in [-0.15, -0.1) is 0 Å². The molecule has 1 heterocycles. The van der Waals surface area contributed by atoms with Gasteiger partial charge in [-0.2, -0.15) is 5.10 Å². The average Bonchev–Trinajstić information content (AvgIpc) is 2.74. The highest BCUT2D eigenvalue weighted by Crippen LogP contribution is 2.20. The molecule has 6 heteroatoms. The predicted molar refractivity (Wildman–Crippen MR) is 95.3 cm³/mol. The number of benzene rings is 1. The number of anilines is 2. The van der Waals surface area contributed by atoms with Crippen molar-refractivity contribution in [2.24, 2.45) is 7.05 Å². The first-order valence-electron chi connectivity index (χ1n) is 7.73. The zero-order valence-electron chi connectivity index (χ0n) is 14.1. The van der Waals surface area contributed by atoms with E-state index in [0.717, 1.165) is 35.7 Å². The van der Waals surface area contributed by atoms with Crippen LogP contribution >= 0.6 is 11.6 Å². The molecule has 5 nitrogen and oxygen atoms in total. The minimum absolute atomic E-state index is 0.0485. The maximum atomic E-state index is 12.4. The van der Waals surface area contributed by atoms with Crippen molar-refractivity contribution in [3.63, 3.8) is 0 Å². The Morgan fingerprint density at radius 3 is 2.48 bits per heavy atom. The van der Waals surface area contributed by atoms with Crippen molar-refractivity contribution in [3.8, 4) is 0 Å². The van der Waals surface area contributed by atoms with Crippen molar-refractivity contribution in [2.75, 3.05) is 23.3 Å². The van der Waals surface area contributed by atoms with Gasteiger partial charge in [0.05, 0.1) is 23.6 Å². The zero-order chi connectivity index (χ0) is 17.0. The first-order chi connectivity index (χ1) is 10.9. The number of aromatic nitrogens is 2. The molecular weight excluding hydrogens is 312 g/mol. The standard InChI is InChI=1S/C17H23ClN4O/c1-5-10-22(15-8-6-14(18)7-9-15)11-16(23)19-17-12(2)20-21(4)13(17)3/h6-9H,5,10-11H2,1-4H3,(H,19,23). The van der Waals surface area contributed by atoms with Gasteiger partial charge in [-0.05, 0) is 44.5 Å². The average molecular weight is 335 g/mol. The molecule has 0 fully saturated rings. The summed E-state index contributed by atoms with van der Waals surface area (Å²) < 4.78 is 1.77. The van der Waals surface area contributed by atoms with E-state index >= 15 is 0 Å². The Labute approximate surface area is 142 Å². The largest absolute Gasteiger partial charge is 0.362 e. The maximum absolute atomic E-state index is 12.4. The first-order valence-corrected chi connectivity index (χ1v) is 8.10. The van der Waals surface area contributed by atoms with Crippen molar-refractivity contribution in [1.82, 2.24) is 9.78 Å². The lowest BCUT2D eigenvalue weighted by atomic mass is 10.2. The molecule has 2 aromatic rings. The van der Waals surface area contributed by atoms with E-state index in [4.69, 9.17) is 11.6 Å². The van der Waals surface area contributed by atoms with E-state index in [1.807, 2.05) is 50.1 Å². The molecule has 1 N–H and O–H groups in total. The fourth-order valence-corrected chi connectivity index (χ4v) is 2.65. The molecule has 23 heavy (non-hydrogen) atoms. The lowest BCUT2D eigenvalue weighted by Crippen LogP contribution is -2.34. The van der Waals surface area contributed by atoms with Gasteiger partial charge < -0.3 is 10.2 Å². The van der Waals surface area contributed by atoms with Crippen LogP contribution in [0.15, 0.2) is 24.3 Å². The van der Waals surface area contributed by atoms with Crippen LogP contribution < -0.4 is 10.2 Å². The molecular formula is C17H23ClN4O. The number of aryl methyl sites for hydroxylation is 2. The van der Waals surface area contributed by atoms with Gasteiger partial charge in [0, 0.05) is 24.3 Å². The Morgan fingerprint density at radius 2 is 1.96 bits per heavy atom. The number of nitrogens with zero attached hydrogens (tertiary/aromatic N) is 3. The molecule has 0 atom stereocenters. The number of carbonyl (C=O) groups excluding carboxylic acids is 1. The number of hydrogen-bond donors (Lipinski definition) is 1. The second-order valence-corrected chi connectivity index (χ2v) is 6.05. The van der Waals surface area contributed by atoms with Crippen molar-refractivity contribution < 1.29 is 4.79 Å². The molecule has 0 radical (unpaired) electrons. The number of amides is 1. The van der Waals surface area contributed by atoms with Gasteiger partial charge in [0.25, 0.3) is 0 Å². The van der Waals surface area contributed by atoms with Crippen LogP contribution in [0.2, 0.25) is 5.02 Å². The molecule has 0 unspecified atom stereocenters. The molecule has 0 bridgehead atoms. The van der Waals surface area contributed by atoms with Crippen LogP contribution in [0, 0.1) is 13.8 Å². The topological polar surface area (TPSA) is 50.2 Å². The molecule has 0 saturated heterocycles. The van der Waals surface area contributed by atoms with Crippen molar-refractivity contribution >= 4 is 28.9 Å². The van der Waals surface area contributed by atoms with Crippen LogP contribution in [-0.4, -0.2) is 28.8 Å². The van der Waals surface area contributed by atoms with E-state index in [1.165, 1.54) is 0 Å². The Balaban J connectivity index is 2.10. The number of halogens is 1. The quantitative estimate of drug-likeness (QED) is 0.879. The highest BCUT2D eigenvalue weighted by Gasteiger charge is 2.15. The summed E-state index contributed by atoms with van der Waals surface area (Å²) in [6, 6.07) is 7.55. The third-order valence-corrected chi connectivity index (χ3v) is 4.05.